The van der Waals surface area contributed by atoms with Crippen LogP contribution in [-0.2, 0) is 0 Å². The van der Waals surface area contributed by atoms with Crippen molar-refractivity contribution in [3.05, 3.63) is 0 Å². The molecule has 0 atom stereocenters. The minimum atomic E-state index is 0.157. The standard InChI is InChI=1S/C10H19N3O/c1-11(2)9(14)13-7-6-12(3)10(8-13)4-5-10/h4-8H2,1-3H3. The number of carbonyl (C=O) groups is 1. The van der Waals surface area contributed by atoms with Crippen LogP contribution in [-0.4, -0.2) is 67.0 Å². The molecule has 1 aliphatic heterocycles. The van der Waals surface area contributed by atoms with Crippen molar-refractivity contribution in [2.45, 2.75) is 18.4 Å². The van der Waals surface area contributed by atoms with E-state index in [0.717, 1.165) is 19.6 Å². The van der Waals surface area contributed by atoms with Crippen LogP contribution in [0.1, 0.15) is 12.8 Å². The Labute approximate surface area is 85.5 Å². The van der Waals surface area contributed by atoms with Gasteiger partial charge in [-0.3, -0.25) is 4.90 Å². The molecule has 1 spiro atoms. The molecule has 2 amide bonds. The maximum absolute atomic E-state index is 11.8. The van der Waals surface area contributed by atoms with E-state index in [2.05, 4.69) is 11.9 Å². The van der Waals surface area contributed by atoms with E-state index in [0.29, 0.717) is 5.54 Å². The molecule has 0 unspecified atom stereocenters. The van der Waals surface area contributed by atoms with Crippen molar-refractivity contribution in [3.63, 3.8) is 0 Å². The van der Waals surface area contributed by atoms with E-state index in [1.165, 1.54) is 12.8 Å². The molecule has 0 aromatic carbocycles. The Morgan fingerprint density at radius 3 is 2.43 bits per heavy atom. The highest BCUT2D eigenvalue weighted by atomic mass is 16.2. The van der Waals surface area contributed by atoms with Crippen LogP contribution in [0.3, 0.4) is 0 Å². The lowest BCUT2D eigenvalue weighted by atomic mass is 10.1. The molecule has 2 rings (SSSR count). The van der Waals surface area contributed by atoms with E-state index >= 15 is 0 Å². The highest BCUT2D eigenvalue weighted by Crippen LogP contribution is 2.43. The number of hydrogen-bond acceptors (Lipinski definition) is 2. The van der Waals surface area contributed by atoms with E-state index in [4.69, 9.17) is 0 Å². The fourth-order valence-corrected chi connectivity index (χ4v) is 2.19. The topological polar surface area (TPSA) is 26.8 Å². The molecule has 1 aliphatic carbocycles. The summed E-state index contributed by atoms with van der Waals surface area (Å²) in [5.41, 5.74) is 0.337. The SMILES string of the molecule is CN(C)C(=O)N1CCN(C)C2(CC2)C1. The fourth-order valence-electron chi connectivity index (χ4n) is 2.19. The molecule has 4 heteroatoms. The zero-order chi connectivity index (χ0) is 10.3. The van der Waals surface area contributed by atoms with Crippen LogP contribution < -0.4 is 0 Å². The first-order valence-electron chi connectivity index (χ1n) is 5.23. The zero-order valence-corrected chi connectivity index (χ0v) is 9.29. The van der Waals surface area contributed by atoms with Crippen molar-refractivity contribution in [1.29, 1.82) is 0 Å². The lowest BCUT2D eigenvalue weighted by Gasteiger charge is -2.40. The van der Waals surface area contributed by atoms with Gasteiger partial charge in [0.1, 0.15) is 0 Å². The van der Waals surface area contributed by atoms with Crippen molar-refractivity contribution in [1.82, 2.24) is 14.7 Å². The minimum Gasteiger partial charge on any atom is -0.331 e. The molecular formula is C10H19N3O. The van der Waals surface area contributed by atoms with Crippen LogP contribution in [0.2, 0.25) is 0 Å². The van der Waals surface area contributed by atoms with Crippen LogP contribution in [0.15, 0.2) is 0 Å². The van der Waals surface area contributed by atoms with E-state index in [-0.39, 0.29) is 6.03 Å². The van der Waals surface area contributed by atoms with Gasteiger partial charge in [-0.05, 0) is 19.9 Å². The third kappa shape index (κ3) is 1.47. The Bertz CT molecular complexity index is 248. The van der Waals surface area contributed by atoms with E-state index in [1.807, 2.05) is 19.0 Å². The van der Waals surface area contributed by atoms with E-state index in [9.17, 15) is 4.79 Å². The first-order valence-corrected chi connectivity index (χ1v) is 5.23. The van der Waals surface area contributed by atoms with Crippen LogP contribution in [0.5, 0.6) is 0 Å². The molecule has 2 aliphatic rings. The van der Waals surface area contributed by atoms with Gasteiger partial charge < -0.3 is 9.80 Å². The van der Waals surface area contributed by atoms with Gasteiger partial charge in [-0.2, -0.15) is 0 Å². The van der Waals surface area contributed by atoms with Crippen LogP contribution in [0.25, 0.3) is 0 Å². The molecule has 0 radical (unpaired) electrons. The third-order valence-corrected chi connectivity index (χ3v) is 3.48. The summed E-state index contributed by atoms with van der Waals surface area (Å²) in [5, 5.41) is 0. The molecule has 0 bridgehead atoms. The van der Waals surface area contributed by atoms with Crippen molar-refractivity contribution in [2.75, 3.05) is 40.8 Å². The van der Waals surface area contributed by atoms with Gasteiger partial charge in [0.05, 0.1) is 0 Å². The molecule has 0 N–H and O–H groups in total. The van der Waals surface area contributed by atoms with Crippen LogP contribution in [0.4, 0.5) is 4.79 Å². The first kappa shape index (κ1) is 9.77. The Morgan fingerprint density at radius 1 is 1.29 bits per heavy atom. The predicted molar refractivity (Wildman–Crippen MR) is 55.3 cm³/mol. The summed E-state index contributed by atoms with van der Waals surface area (Å²) in [4.78, 5) is 17.8. The average Bonchev–Trinajstić information content (AvgIpc) is 2.90. The summed E-state index contributed by atoms with van der Waals surface area (Å²) in [5.74, 6) is 0. The van der Waals surface area contributed by atoms with Crippen molar-refractivity contribution in [2.24, 2.45) is 0 Å². The molecule has 80 valence electrons. The number of urea groups is 1. The second kappa shape index (κ2) is 3.12. The summed E-state index contributed by atoms with van der Waals surface area (Å²) in [6.07, 6.45) is 2.50. The average molecular weight is 197 g/mol. The number of hydrogen-bond donors (Lipinski definition) is 0. The summed E-state index contributed by atoms with van der Waals surface area (Å²) in [7, 11) is 5.81. The van der Waals surface area contributed by atoms with Crippen LogP contribution >= 0.6 is 0 Å². The Hall–Kier alpha value is -0.770. The zero-order valence-electron chi connectivity index (χ0n) is 9.29. The maximum atomic E-state index is 11.8. The molecule has 4 nitrogen and oxygen atoms in total. The van der Waals surface area contributed by atoms with Gasteiger partial charge in [0, 0.05) is 39.3 Å². The summed E-state index contributed by atoms with van der Waals surface area (Å²) in [6, 6.07) is 0.157. The quantitative estimate of drug-likeness (QED) is 0.563. The second-order valence-electron chi connectivity index (χ2n) is 4.74. The normalized spacial score (nSPS) is 25.2. The van der Waals surface area contributed by atoms with Gasteiger partial charge in [0.25, 0.3) is 0 Å². The first-order chi connectivity index (χ1) is 6.55. The van der Waals surface area contributed by atoms with Crippen LogP contribution in [0, 0.1) is 0 Å². The van der Waals surface area contributed by atoms with Gasteiger partial charge in [-0.1, -0.05) is 0 Å². The predicted octanol–water partition coefficient (Wildman–Crippen LogP) is 0.448. The summed E-state index contributed by atoms with van der Waals surface area (Å²) >= 11 is 0. The van der Waals surface area contributed by atoms with Crippen molar-refractivity contribution < 1.29 is 4.79 Å². The summed E-state index contributed by atoms with van der Waals surface area (Å²) in [6.45, 7) is 2.80. The number of rotatable bonds is 0. The highest BCUT2D eigenvalue weighted by Gasteiger charge is 2.50. The maximum Gasteiger partial charge on any atom is 0.319 e. The lowest BCUT2D eigenvalue weighted by Crippen LogP contribution is -2.56. The lowest BCUT2D eigenvalue weighted by molar-refractivity contribution is 0.0855. The van der Waals surface area contributed by atoms with Gasteiger partial charge in [0.2, 0.25) is 0 Å². The molecule has 14 heavy (non-hydrogen) atoms. The molecule has 1 heterocycles. The molecule has 1 saturated heterocycles. The van der Waals surface area contributed by atoms with E-state index < -0.39 is 0 Å². The number of carbonyl (C=O) groups excluding carboxylic acids is 1. The Morgan fingerprint density at radius 2 is 1.93 bits per heavy atom. The molecule has 0 aromatic heterocycles. The monoisotopic (exact) mass is 197 g/mol. The van der Waals surface area contributed by atoms with Gasteiger partial charge in [-0.15, -0.1) is 0 Å². The van der Waals surface area contributed by atoms with Gasteiger partial charge >= 0.3 is 6.03 Å². The Balaban J connectivity index is 2.00. The Kier molecular flexibility index (Phi) is 2.18. The number of piperazine rings is 1. The molecular weight excluding hydrogens is 178 g/mol. The highest BCUT2D eigenvalue weighted by molar-refractivity contribution is 5.74. The van der Waals surface area contributed by atoms with Gasteiger partial charge in [0.15, 0.2) is 0 Å². The van der Waals surface area contributed by atoms with Gasteiger partial charge in [-0.25, -0.2) is 4.79 Å². The number of amides is 2. The third-order valence-electron chi connectivity index (χ3n) is 3.48. The molecule has 2 fully saturated rings. The molecule has 0 aromatic rings. The largest absolute Gasteiger partial charge is 0.331 e. The van der Waals surface area contributed by atoms with E-state index in [1.54, 1.807) is 4.90 Å². The summed E-state index contributed by atoms with van der Waals surface area (Å²) < 4.78 is 0. The van der Waals surface area contributed by atoms with Crippen molar-refractivity contribution >= 4 is 6.03 Å². The fraction of sp³-hybridized carbons (Fsp3) is 0.900. The minimum absolute atomic E-state index is 0.157. The second-order valence-corrected chi connectivity index (χ2v) is 4.74. The number of nitrogens with zero attached hydrogens (tertiary/aromatic N) is 3. The van der Waals surface area contributed by atoms with Crippen molar-refractivity contribution in [3.8, 4) is 0 Å². The number of likely N-dealkylation sites (N-methyl/N-ethyl adjacent to an activating group) is 1. The smallest absolute Gasteiger partial charge is 0.319 e. The molecule has 1 saturated carbocycles.